The summed E-state index contributed by atoms with van der Waals surface area (Å²) in [6, 6.07) is 0. The zero-order valence-corrected chi connectivity index (χ0v) is 25.1. The predicted molar refractivity (Wildman–Crippen MR) is 145 cm³/mol. The molecule has 2 saturated heterocycles. The van der Waals surface area contributed by atoms with E-state index in [1.165, 1.54) is 0 Å². The second-order valence-corrected chi connectivity index (χ2v) is 13.7. The van der Waals surface area contributed by atoms with Gasteiger partial charge >= 0.3 is 11.9 Å². The fraction of sp³-hybridized carbons (Fsp3) is 0.931. The molecule has 0 bridgehead atoms. The summed E-state index contributed by atoms with van der Waals surface area (Å²) >= 11 is 0. The number of piperidine rings is 2. The standard InChI is InChI=1S/C29H54N2O6/c1-11-29(12-2,23(34)36-21-17-25(3,4)30(13-15-32)26(5,6)18-21)24(35)37-22-19-27(7,8)31(14-16-33)28(9,10)20-22/h21-22,32-33H,11-20H2,1-10H3. The number of esters is 2. The molecule has 0 aromatic heterocycles. The Balaban J connectivity index is 2.20. The van der Waals surface area contributed by atoms with E-state index < -0.39 is 17.4 Å². The minimum atomic E-state index is -1.34. The molecule has 0 spiro atoms. The number of hydrogen-bond acceptors (Lipinski definition) is 8. The fourth-order valence-corrected chi connectivity index (χ4v) is 7.47. The van der Waals surface area contributed by atoms with E-state index in [2.05, 4.69) is 65.2 Å². The number of β-amino-alcohol motifs (C(OH)–C–C–N with tert-alkyl or cyclic N) is 2. The summed E-state index contributed by atoms with van der Waals surface area (Å²) in [5, 5.41) is 19.1. The number of carbonyl (C=O) groups excluding carboxylic acids is 2. The first-order valence-electron chi connectivity index (χ1n) is 14.1. The number of carbonyl (C=O) groups is 2. The van der Waals surface area contributed by atoms with E-state index in [0.29, 0.717) is 51.6 Å². The molecule has 0 aromatic rings. The third-order valence-corrected chi connectivity index (χ3v) is 9.01. The van der Waals surface area contributed by atoms with Crippen LogP contribution in [-0.4, -0.2) is 92.6 Å². The summed E-state index contributed by atoms with van der Waals surface area (Å²) in [4.78, 5) is 31.9. The largest absolute Gasteiger partial charge is 0.461 e. The summed E-state index contributed by atoms with van der Waals surface area (Å²) in [6.07, 6.45) is 2.51. The van der Waals surface area contributed by atoms with Gasteiger partial charge in [0.1, 0.15) is 12.2 Å². The van der Waals surface area contributed by atoms with Crippen LogP contribution in [0.5, 0.6) is 0 Å². The molecule has 0 radical (unpaired) electrons. The smallest absolute Gasteiger partial charge is 0.323 e. The number of rotatable bonds is 10. The molecule has 0 unspecified atom stereocenters. The van der Waals surface area contributed by atoms with Gasteiger partial charge in [-0.1, -0.05) is 13.8 Å². The summed E-state index contributed by atoms with van der Waals surface area (Å²) in [6.45, 7) is 21.8. The van der Waals surface area contributed by atoms with Crippen LogP contribution >= 0.6 is 0 Å². The van der Waals surface area contributed by atoms with Gasteiger partial charge in [0.15, 0.2) is 5.41 Å². The highest BCUT2D eigenvalue weighted by molar-refractivity contribution is 6.00. The molecular formula is C29H54N2O6. The van der Waals surface area contributed by atoms with Gasteiger partial charge in [0, 0.05) is 60.9 Å². The van der Waals surface area contributed by atoms with E-state index in [-0.39, 0.29) is 47.6 Å². The van der Waals surface area contributed by atoms with E-state index in [1.54, 1.807) is 0 Å². The van der Waals surface area contributed by atoms with Crippen LogP contribution in [0.25, 0.3) is 0 Å². The van der Waals surface area contributed by atoms with E-state index in [4.69, 9.17) is 9.47 Å². The molecule has 2 rings (SSSR count). The second-order valence-electron chi connectivity index (χ2n) is 13.7. The van der Waals surface area contributed by atoms with Crippen molar-refractivity contribution < 1.29 is 29.3 Å². The lowest BCUT2D eigenvalue weighted by molar-refractivity contribution is -0.189. The maximum atomic E-state index is 13.7. The average Bonchev–Trinajstić information content (AvgIpc) is 2.73. The summed E-state index contributed by atoms with van der Waals surface area (Å²) in [5.41, 5.74) is -2.41. The number of ether oxygens (including phenoxy) is 2. The first-order chi connectivity index (χ1) is 16.9. The number of aliphatic hydroxyl groups is 2. The molecule has 0 atom stereocenters. The van der Waals surface area contributed by atoms with Gasteiger partial charge in [0.25, 0.3) is 0 Å². The molecule has 0 amide bonds. The van der Waals surface area contributed by atoms with Crippen molar-refractivity contribution in [1.82, 2.24) is 9.80 Å². The maximum absolute atomic E-state index is 13.7. The van der Waals surface area contributed by atoms with Crippen LogP contribution in [0.3, 0.4) is 0 Å². The second kappa shape index (κ2) is 11.5. The summed E-state index contributed by atoms with van der Waals surface area (Å²) in [5.74, 6) is -0.989. The first-order valence-corrected chi connectivity index (χ1v) is 14.1. The molecule has 37 heavy (non-hydrogen) atoms. The third-order valence-electron chi connectivity index (χ3n) is 9.01. The fourth-order valence-electron chi connectivity index (χ4n) is 7.47. The zero-order valence-electron chi connectivity index (χ0n) is 25.1. The predicted octanol–water partition coefficient (Wildman–Crippen LogP) is 3.91. The van der Waals surface area contributed by atoms with Crippen molar-refractivity contribution in [3.63, 3.8) is 0 Å². The molecule has 216 valence electrons. The Kier molecular flexibility index (Phi) is 9.93. The quantitative estimate of drug-likeness (QED) is 0.327. The van der Waals surface area contributed by atoms with E-state index in [0.717, 1.165) is 0 Å². The van der Waals surface area contributed by atoms with Gasteiger partial charge in [0.05, 0.1) is 13.2 Å². The van der Waals surface area contributed by atoms with Gasteiger partial charge in [-0.25, -0.2) is 0 Å². The molecule has 2 heterocycles. The van der Waals surface area contributed by atoms with E-state index >= 15 is 0 Å². The molecule has 0 aliphatic carbocycles. The Morgan fingerprint density at radius 2 is 0.946 bits per heavy atom. The van der Waals surface area contributed by atoms with Crippen molar-refractivity contribution in [2.75, 3.05) is 26.3 Å². The summed E-state index contributed by atoms with van der Waals surface area (Å²) in [7, 11) is 0. The highest BCUT2D eigenvalue weighted by atomic mass is 16.6. The molecular weight excluding hydrogens is 472 g/mol. The third kappa shape index (κ3) is 6.68. The Morgan fingerprint density at radius 1 is 0.676 bits per heavy atom. The van der Waals surface area contributed by atoms with Gasteiger partial charge in [-0.05, 0) is 68.2 Å². The topological polar surface area (TPSA) is 99.5 Å². The lowest BCUT2D eigenvalue weighted by atomic mass is 9.77. The Labute approximate surface area is 225 Å². The van der Waals surface area contributed by atoms with Crippen LogP contribution in [0, 0.1) is 5.41 Å². The molecule has 8 nitrogen and oxygen atoms in total. The van der Waals surface area contributed by atoms with Crippen molar-refractivity contribution in [2.45, 2.75) is 142 Å². The molecule has 2 N–H and O–H groups in total. The maximum Gasteiger partial charge on any atom is 0.323 e. The van der Waals surface area contributed by atoms with Crippen molar-refractivity contribution in [2.24, 2.45) is 5.41 Å². The zero-order chi connectivity index (χ0) is 28.4. The van der Waals surface area contributed by atoms with E-state index in [1.807, 2.05) is 13.8 Å². The van der Waals surface area contributed by atoms with E-state index in [9.17, 15) is 19.8 Å². The van der Waals surface area contributed by atoms with Gasteiger partial charge < -0.3 is 19.7 Å². The number of likely N-dealkylation sites (tertiary alicyclic amines) is 2. The van der Waals surface area contributed by atoms with Crippen molar-refractivity contribution >= 4 is 11.9 Å². The minimum Gasteiger partial charge on any atom is -0.461 e. The Morgan fingerprint density at radius 3 is 1.16 bits per heavy atom. The number of hydrogen-bond donors (Lipinski definition) is 2. The lowest BCUT2D eigenvalue weighted by Crippen LogP contribution is -2.63. The molecule has 2 aliphatic heterocycles. The molecule has 0 aromatic carbocycles. The van der Waals surface area contributed by atoms with Crippen LogP contribution in [0.4, 0.5) is 0 Å². The average molecular weight is 527 g/mol. The monoisotopic (exact) mass is 526 g/mol. The van der Waals surface area contributed by atoms with Gasteiger partial charge in [0.2, 0.25) is 0 Å². The van der Waals surface area contributed by atoms with Crippen LogP contribution in [0.1, 0.15) is 108 Å². The molecule has 2 fully saturated rings. The lowest BCUT2D eigenvalue weighted by Gasteiger charge is -2.55. The number of aliphatic hydroxyl groups excluding tert-OH is 2. The van der Waals surface area contributed by atoms with Crippen molar-refractivity contribution in [3.05, 3.63) is 0 Å². The minimum absolute atomic E-state index is 0.0739. The highest BCUT2D eigenvalue weighted by Crippen LogP contribution is 2.43. The van der Waals surface area contributed by atoms with Gasteiger partial charge in [-0.15, -0.1) is 0 Å². The number of nitrogens with zero attached hydrogens (tertiary/aromatic N) is 2. The molecule has 8 heteroatoms. The molecule has 0 saturated carbocycles. The Bertz CT molecular complexity index is 704. The summed E-state index contributed by atoms with van der Waals surface area (Å²) < 4.78 is 12.2. The first kappa shape index (κ1) is 32.0. The van der Waals surface area contributed by atoms with Crippen molar-refractivity contribution in [3.8, 4) is 0 Å². The van der Waals surface area contributed by atoms with Crippen LogP contribution < -0.4 is 0 Å². The van der Waals surface area contributed by atoms with Crippen LogP contribution in [-0.2, 0) is 19.1 Å². The van der Waals surface area contributed by atoms with Crippen molar-refractivity contribution in [1.29, 1.82) is 0 Å². The van der Waals surface area contributed by atoms with Gasteiger partial charge in [-0.2, -0.15) is 0 Å². The van der Waals surface area contributed by atoms with Gasteiger partial charge in [-0.3, -0.25) is 19.4 Å². The SMILES string of the molecule is CCC(CC)(C(=O)OC1CC(C)(C)N(CCO)C(C)(C)C1)C(=O)OC1CC(C)(C)N(CCO)C(C)(C)C1. The van der Waals surface area contributed by atoms with Crippen LogP contribution in [0.15, 0.2) is 0 Å². The Hall–Kier alpha value is -1.22. The van der Waals surface area contributed by atoms with Crippen LogP contribution in [0.2, 0.25) is 0 Å². The normalized spacial score (nSPS) is 24.5. The highest BCUT2D eigenvalue weighted by Gasteiger charge is 2.52. The molecule has 2 aliphatic rings.